The first-order valence-electron chi connectivity index (χ1n) is 5.87. The minimum absolute atomic E-state index is 0.0404. The molecule has 0 spiro atoms. The zero-order valence-electron chi connectivity index (χ0n) is 11.4. The number of carbonyl (C=O) groups is 1. The lowest BCUT2D eigenvalue weighted by atomic mass is 10.1. The monoisotopic (exact) mass is 301 g/mol. The van der Waals surface area contributed by atoms with Gasteiger partial charge in [0.05, 0.1) is 16.7 Å². The van der Waals surface area contributed by atoms with Crippen LogP contribution in [0.3, 0.4) is 0 Å². The van der Waals surface area contributed by atoms with Gasteiger partial charge < -0.3 is 10.6 Å². The molecular formula is C12H16FN3O3S. The highest BCUT2D eigenvalue weighted by Gasteiger charge is 2.23. The Balaban J connectivity index is 3.08. The van der Waals surface area contributed by atoms with E-state index in [1.165, 1.54) is 7.05 Å². The molecule has 1 unspecified atom stereocenters. The van der Waals surface area contributed by atoms with Crippen molar-refractivity contribution in [2.75, 3.05) is 25.2 Å². The van der Waals surface area contributed by atoms with Crippen molar-refractivity contribution in [3.05, 3.63) is 33.6 Å². The highest BCUT2D eigenvalue weighted by atomic mass is 32.2. The molecule has 1 amide bonds. The van der Waals surface area contributed by atoms with E-state index < -0.39 is 22.3 Å². The number of halogens is 1. The number of anilines is 1. The number of nitro groups is 1. The molecule has 0 aliphatic rings. The van der Waals surface area contributed by atoms with Crippen molar-refractivity contribution in [2.45, 2.75) is 12.2 Å². The fourth-order valence-electron chi connectivity index (χ4n) is 1.50. The maximum Gasteiger partial charge on any atom is 0.285 e. The van der Waals surface area contributed by atoms with Crippen molar-refractivity contribution < 1.29 is 14.1 Å². The van der Waals surface area contributed by atoms with Gasteiger partial charge in [-0.3, -0.25) is 14.9 Å². The Morgan fingerprint density at radius 1 is 1.55 bits per heavy atom. The average molecular weight is 301 g/mol. The smallest absolute Gasteiger partial charge is 0.285 e. The van der Waals surface area contributed by atoms with Crippen LogP contribution in [0.25, 0.3) is 0 Å². The van der Waals surface area contributed by atoms with Crippen LogP contribution in [0, 0.1) is 15.9 Å². The Morgan fingerprint density at radius 3 is 2.70 bits per heavy atom. The molecule has 1 aromatic carbocycles. The number of benzene rings is 1. The molecule has 0 aliphatic carbocycles. The van der Waals surface area contributed by atoms with Crippen molar-refractivity contribution >= 4 is 29.0 Å². The summed E-state index contributed by atoms with van der Waals surface area (Å²) in [5, 5.41) is 16.2. The molecule has 0 aliphatic heterocycles. The molecule has 0 fully saturated rings. The van der Waals surface area contributed by atoms with Crippen molar-refractivity contribution in [1.82, 2.24) is 5.32 Å². The number of rotatable bonds is 6. The van der Waals surface area contributed by atoms with Crippen molar-refractivity contribution in [1.29, 1.82) is 0 Å². The number of nitrogens with zero attached hydrogens (tertiary/aromatic N) is 1. The highest BCUT2D eigenvalue weighted by molar-refractivity contribution is 7.99. The fraction of sp³-hybridized carbons (Fsp3) is 0.417. The lowest BCUT2D eigenvalue weighted by Gasteiger charge is -2.11. The van der Waals surface area contributed by atoms with Crippen LogP contribution in [0.1, 0.15) is 17.3 Å². The van der Waals surface area contributed by atoms with E-state index >= 15 is 0 Å². The molecule has 0 saturated heterocycles. The van der Waals surface area contributed by atoms with E-state index in [9.17, 15) is 19.3 Å². The predicted octanol–water partition coefficient (Wildman–Crippen LogP) is 2.26. The van der Waals surface area contributed by atoms with Crippen molar-refractivity contribution in [3.8, 4) is 0 Å². The Hall–Kier alpha value is -1.83. The van der Waals surface area contributed by atoms with Gasteiger partial charge in [-0.25, -0.2) is 4.39 Å². The SMILES string of the molecule is CNc1cc(C(=O)NCC(C)SC)c([N+](=O)[O-])cc1F. The van der Waals surface area contributed by atoms with Gasteiger partial charge in [-0.05, 0) is 12.3 Å². The lowest BCUT2D eigenvalue weighted by molar-refractivity contribution is -0.385. The largest absolute Gasteiger partial charge is 0.386 e. The van der Waals surface area contributed by atoms with Crippen LogP contribution in [0.5, 0.6) is 0 Å². The number of carbonyl (C=O) groups excluding carboxylic acids is 1. The topological polar surface area (TPSA) is 84.3 Å². The summed E-state index contributed by atoms with van der Waals surface area (Å²) < 4.78 is 13.5. The fourth-order valence-corrected chi connectivity index (χ4v) is 1.75. The van der Waals surface area contributed by atoms with Crippen LogP contribution in [0.4, 0.5) is 15.8 Å². The van der Waals surface area contributed by atoms with Crippen molar-refractivity contribution in [3.63, 3.8) is 0 Å². The number of nitro benzene ring substituents is 1. The summed E-state index contributed by atoms with van der Waals surface area (Å²) in [7, 11) is 1.47. The summed E-state index contributed by atoms with van der Waals surface area (Å²) in [4.78, 5) is 22.1. The molecular weight excluding hydrogens is 285 g/mol. The zero-order valence-corrected chi connectivity index (χ0v) is 12.2. The summed E-state index contributed by atoms with van der Waals surface area (Å²) in [6.45, 7) is 2.30. The normalized spacial score (nSPS) is 11.8. The van der Waals surface area contributed by atoms with E-state index in [1.807, 2.05) is 13.2 Å². The molecule has 0 bridgehead atoms. The first kappa shape index (κ1) is 16.2. The van der Waals surface area contributed by atoms with Crippen LogP contribution in [0.15, 0.2) is 12.1 Å². The third-order valence-corrected chi connectivity index (χ3v) is 3.72. The van der Waals surface area contributed by atoms with Gasteiger partial charge in [0.25, 0.3) is 11.6 Å². The summed E-state index contributed by atoms with van der Waals surface area (Å²) in [6.07, 6.45) is 1.90. The Morgan fingerprint density at radius 2 is 2.20 bits per heavy atom. The van der Waals surface area contributed by atoms with Gasteiger partial charge >= 0.3 is 0 Å². The predicted molar refractivity (Wildman–Crippen MR) is 77.9 cm³/mol. The van der Waals surface area contributed by atoms with Crippen LogP contribution < -0.4 is 10.6 Å². The van der Waals surface area contributed by atoms with Crippen LogP contribution >= 0.6 is 11.8 Å². The third kappa shape index (κ3) is 3.83. The quantitative estimate of drug-likeness (QED) is 0.622. The summed E-state index contributed by atoms with van der Waals surface area (Å²) >= 11 is 1.56. The summed E-state index contributed by atoms with van der Waals surface area (Å²) in [5.74, 6) is -1.36. The second kappa shape index (κ2) is 7.09. The van der Waals surface area contributed by atoms with Crippen molar-refractivity contribution in [2.24, 2.45) is 0 Å². The second-order valence-corrected chi connectivity index (χ2v) is 5.39. The summed E-state index contributed by atoms with van der Waals surface area (Å²) in [5.41, 5.74) is -0.663. The number of nitrogens with one attached hydrogen (secondary N) is 2. The van der Waals surface area contributed by atoms with Gasteiger partial charge in [-0.2, -0.15) is 11.8 Å². The molecule has 2 N–H and O–H groups in total. The Labute approximate surface area is 120 Å². The number of amides is 1. The number of hydrogen-bond acceptors (Lipinski definition) is 5. The molecule has 0 radical (unpaired) electrons. The Bertz CT molecular complexity index is 525. The van der Waals surface area contributed by atoms with Crippen LogP contribution in [-0.4, -0.2) is 35.9 Å². The first-order valence-corrected chi connectivity index (χ1v) is 7.16. The molecule has 110 valence electrons. The van der Waals surface area contributed by atoms with Gasteiger partial charge in [0.1, 0.15) is 5.56 Å². The van der Waals surface area contributed by atoms with E-state index in [-0.39, 0.29) is 16.5 Å². The van der Waals surface area contributed by atoms with E-state index in [0.717, 1.165) is 12.1 Å². The maximum atomic E-state index is 13.5. The molecule has 0 saturated carbocycles. The van der Waals surface area contributed by atoms with Gasteiger partial charge in [-0.15, -0.1) is 0 Å². The molecule has 1 aromatic rings. The van der Waals surface area contributed by atoms with Gasteiger partial charge in [0.2, 0.25) is 0 Å². The molecule has 1 atom stereocenters. The molecule has 0 aromatic heterocycles. The van der Waals surface area contributed by atoms with E-state index in [4.69, 9.17) is 0 Å². The molecule has 1 rings (SSSR count). The minimum Gasteiger partial charge on any atom is -0.386 e. The van der Waals surface area contributed by atoms with E-state index in [0.29, 0.717) is 6.54 Å². The minimum atomic E-state index is -0.770. The molecule has 6 nitrogen and oxygen atoms in total. The number of thioether (sulfide) groups is 1. The number of hydrogen-bond donors (Lipinski definition) is 2. The van der Waals surface area contributed by atoms with E-state index in [2.05, 4.69) is 10.6 Å². The molecule has 0 heterocycles. The highest BCUT2D eigenvalue weighted by Crippen LogP contribution is 2.25. The zero-order chi connectivity index (χ0) is 15.3. The molecule has 20 heavy (non-hydrogen) atoms. The van der Waals surface area contributed by atoms with Gasteiger partial charge in [0.15, 0.2) is 5.82 Å². The average Bonchev–Trinajstić information content (AvgIpc) is 2.43. The van der Waals surface area contributed by atoms with Crippen LogP contribution in [0.2, 0.25) is 0 Å². The van der Waals surface area contributed by atoms with Crippen LogP contribution in [-0.2, 0) is 0 Å². The third-order valence-electron chi connectivity index (χ3n) is 2.75. The molecule has 8 heteroatoms. The maximum absolute atomic E-state index is 13.5. The van der Waals surface area contributed by atoms with Gasteiger partial charge in [0, 0.05) is 18.8 Å². The van der Waals surface area contributed by atoms with E-state index in [1.54, 1.807) is 11.8 Å². The van der Waals surface area contributed by atoms with Gasteiger partial charge in [-0.1, -0.05) is 6.92 Å². The second-order valence-electron chi connectivity index (χ2n) is 4.11. The first-order chi connectivity index (χ1) is 9.40. The lowest BCUT2D eigenvalue weighted by Crippen LogP contribution is -2.30. The standard InChI is InChI=1S/C12H16FN3O3S/c1-7(20-3)6-15-12(17)8-4-10(14-2)9(13)5-11(8)16(18)19/h4-5,7,14H,6H2,1-3H3,(H,15,17). The Kier molecular flexibility index (Phi) is 5.75. The summed E-state index contributed by atoms with van der Waals surface area (Å²) in [6, 6.07) is 1.89.